The van der Waals surface area contributed by atoms with Gasteiger partial charge in [-0.2, -0.15) is 0 Å². The van der Waals surface area contributed by atoms with Crippen molar-refractivity contribution >= 4 is 11.7 Å². The van der Waals surface area contributed by atoms with Crippen LogP contribution >= 0.6 is 0 Å². The van der Waals surface area contributed by atoms with E-state index in [0.29, 0.717) is 11.0 Å². The van der Waals surface area contributed by atoms with Crippen molar-refractivity contribution in [3.63, 3.8) is 0 Å². The number of nitrogens with zero attached hydrogens (tertiary/aromatic N) is 1. The van der Waals surface area contributed by atoms with Crippen LogP contribution in [0, 0.1) is 12.3 Å². The fourth-order valence-electron chi connectivity index (χ4n) is 2.45. The highest BCUT2D eigenvalue weighted by Crippen LogP contribution is 2.32. The smallest absolute Gasteiger partial charge is 0.335 e. The van der Waals surface area contributed by atoms with Crippen LogP contribution in [0.25, 0.3) is 0 Å². The number of aryl methyl sites for hydroxylation is 1. The zero-order valence-corrected chi connectivity index (χ0v) is 11.4. The number of anilines is 1. The first kappa shape index (κ1) is 12.9. The number of benzene rings is 1. The lowest BCUT2D eigenvalue weighted by atomic mass is 9.82. The molecule has 98 valence electrons. The van der Waals surface area contributed by atoms with E-state index in [4.69, 9.17) is 5.11 Å². The molecule has 3 nitrogen and oxygen atoms in total. The van der Waals surface area contributed by atoms with Gasteiger partial charge in [0.25, 0.3) is 0 Å². The van der Waals surface area contributed by atoms with Crippen LogP contribution in [0.5, 0.6) is 0 Å². The third kappa shape index (κ3) is 2.66. The number of piperidine rings is 1. The summed E-state index contributed by atoms with van der Waals surface area (Å²) in [5.74, 6) is -0.848. The van der Waals surface area contributed by atoms with E-state index in [1.807, 2.05) is 19.1 Å². The molecule has 1 fully saturated rings. The molecule has 1 aromatic carbocycles. The third-order valence-electron chi connectivity index (χ3n) is 3.92. The Labute approximate surface area is 108 Å². The average molecular weight is 247 g/mol. The van der Waals surface area contributed by atoms with Gasteiger partial charge >= 0.3 is 5.97 Å². The molecule has 0 bridgehead atoms. The van der Waals surface area contributed by atoms with Gasteiger partial charge in [-0.25, -0.2) is 4.79 Å². The van der Waals surface area contributed by atoms with Gasteiger partial charge in [0.05, 0.1) is 5.56 Å². The molecule has 1 saturated heterocycles. The van der Waals surface area contributed by atoms with Gasteiger partial charge in [0.15, 0.2) is 0 Å². The molecule has 1 aliphatic rings. The number of carbonyl (C=O) groups is 1. The highest BCUT2D eigenvalue weighted by Gasteiger charge is 2.25. The number of aromatic carboxylic acids is 1. The Balaban J connectivity index is 2.16. The molecule has 1 heterocycles. The van der Waals surface area contributed by atoms with Crippen molar-refractivity contribution in [3.8, 4) is 0 Å². The molecule has 0 radical (unpaired) electrons. The first-order valence-corrected chi connectivity index (χ1v) is 6.48. The molecule has 0 amide bonds. The lowest BCUT2D eigenvalue weighted by molar-refractivity contribution is 0.0696. The largest absolute Gasteiger partial charge is 0.478 e. The van der Waals surface area contributed by atoms with Crippen molar-refractivity contribution < 1.29 is 9.90 Å². The highest BCUT2D eigenvalue weighted by atomic mass is 16.4. The van der Waals surface area contributed by atoms with Crippen molar-refractivity contribution in [2.24, 2.45) is 5.41 Å². The summed E-state index contributed by atoms with van der Waals surface area (Å²) in [5.41, 5.74) is 2.82. The summed E-state index contributed by atoms with van der Waals surface area (Å²) >= 11 is 0. The molecule has 2 rings (SSSR count). The van der Waals surface area contributed by atoms with Crippen LogP contribution in [0.15, 0.2) is 18.2 Å². The molecular weight excluding hydrogens is 226 g/mol. The second-order valence-electron chi connectivity index (χ2n) is 5.96. The van der Waals surface area contributed by atoms with Gasteiger partial charge < -0.3 is 10.0 Å². The molecule has 0 saturated carbocycles. The standard InChI is InChI=1S/C15H21NO2/c1-11-10-12(4-5-13(11)14(17)18)16-8-6-15(2,3)7-9-16/h4-5,10H,6-9H2,1-3H3,(H,17,18). The van der Waals surface area contributed by atoms with Crippen molar-refractivity contribution in [3.05, 3.63) is 29.3 Å². The van der Waals surface area contributed by atoms with E-state index in [-0.39, 0.29) is 0 Å². The van der Waals surface area contributed by atoms with Gasteiger partial charge in [-0.3, -0.25) is 0 Å². The first-order chi connectivity index (χ1) is 8.39. The van der Waals surface area contributed by atoms with Crippen LogP contribution in [0.4, 0.5) is 5.69 Å². The fourth-order valence-corrected chi connectivity index (χ4v) is 2.45. The van der Waals surface area contributed by atoms with E-state index in [0.717, 1.165) is 24.3 Å². The Morgan fingerprint density at radius 2 is 1.89 bits per heavy atom. The van der Waals surface area contributed by atoms with E-state index < -0.39 is 5.97 Å². The molecule has 0 atom stereocenters. The minimum absolute atomic E-state index is 0.399. The Bertz CT molecular complexity index is 456. The van der Waals surface area contributed by atoms with E-state index in [9.17, 15) is 4.79 Å². The molecule has 0 aliphatic carbocycles. The van der Waals surface area contributed by atoms with Crippen molar-refractivity contribution in [1.29, 1.82) is 0 Å². The zero-order valence-electron chi connectivity index (χ0n) is 11.4. The maximum Gasteiger partial charge on any atom is 0.335 e. The maximum absolute atomic E-state index is 11.0. The summed E-state index contributed by atoms with van der Waals surface area (Å²) in [6.07, 6.45) is 2.37. The van der Waals surface area contributed by atoms with Crippen LogP contribution in [0.1, 0.15) is 42.6 Å². The molecule has 1 N–H and O–H groups in total. The van der Waals surface area contributed by atoms with Gasteiger partial charge in [0.1, 0.15) is 0 Å². The van der Waals surface area contributed by atoms with Gasteiger partial charge in [0.2, 0.25) is 0 Å². The quantitative estimate of drug-likeness (QED) is 0.871. The van der Waals surface area contributed by atoms with Crippen molar-refractivity contribution in [1.82, 2.24) is 0 Å². The summed E-state index contributed by atoms with van der Waals surface area (Å²) in [6, 6.07) is 5.63. The number of hydrogen-bond donors (Lipinski definition) is 1. The van der Waals surface area contributed by atoms with E-state index in [1.165, 1.54) is 12.8 Å². The molecule has 1 aromatic rings. The first-order valence-electron chi connectivity index (χ1n) is 6.48. The summed E-state index contributed by atoms with van der Waals surface area (Å²) in [6.45, 7) is 8.59. The van der Waals surface area contributed by atoms with Gasteiger partial charge in [-0.05, 0) is 48.9 Å². The maximum atomic E-state index is 11.0. The Hall–Kier alpha value is -1.51. The normalized spacial score (nSPS) is 18.7. The summed E-state index contributed by atoms with van der Waals surface area (Å²) in [4.78, 5) is 13.3. The zero-order chi connectivity index (χ0) is 13.3. The fraction of sp³-hybridized carbons (Fsp3) is 0.533. The second-order valence-corrected chi connectivity index (χ2v) is 5.96. The summed E-state index contributed by atoms with van der Waals surface area (Å²) in [7, 11) is 0. The molecule has 3 heteroatoms. The predicted molar refractivity (Wildman–Crippen MR) is 73.4 cm³/mol. The van der Waals surface area contributed by atoms with Crippen LogP contribution in [-0.4, -0.2) is 24.2 Å². The lowest BCUT2D eigenvalue weighted by Crippen LogP contribution is -2.37. The Morgan fingerprint density at radius 3 is 2.39 bits per heavy atom. The van der Waals surface area contributed by atoms with E-state index in [2.05, 4.69) is 18.7 Å². The summed E-state index contributed by atoms with van der Waals surface area (Å²) < 4.78 is 0. The monoisotopic (exact) mass is 247 g/mol. The van der Waals surface area contributed by atoms with Crippen LogP contribution < -0.4 is 4.90 Å². The number of hydrogen-bond acceptors (Lipinski definition) is 2. The van der Waals surface area contributed by atoms with E-state index >= 15 is 0 Å². The minimum Gasteiger partial charge on any atom is -0.478 e. The molecule has 0 aromatic heterocycles. The Morgan fingerprint density at radius 1 is 1.28 bits per heavy atom. The van der Waals surface area contributed by atoms with Crippen LogP contribution in [0.3, 0.4) is 0 Å². The summed E-state index contributed by atoms with van der Waals surface area (Å²) in [5, 5.41) is 9.02. The molecular formula is C15H21NO2. The highest BCUT2D eigenvalue weighted by molar-refractivity contribution is 5.89. The Kier molecular flexibility index (Phi) is 3.33. The second kappa shape index (κ2) is 4.63. The third-order valence-corrected chi connectivity index (χ3v) is 3.92. The predicted octanol–water partition coefficient (Wildman–Crippen LogP) is 3.32. The van der Waals surface area contributed by atoms with E-state index in [1.54, 1.807) is 6.07 Å². The number of carboxylic acid groups (broad SMARTS) is 1. The lowest BCUT2D eigenvalue weighted by Gasteiger charge is -2.38. The van der Waals surface area contributed by atoms with Gasteiger partial charge in [-0.1, -0.05) is 13.8 Å². The van der Waals surface area contributed by atoms with Gasteiger partial charge in [-0.15, -0.1) is 0 Å². The van der Waals surface area contributed by atoms with Gasteiger partial charge in [0, 0.05) is 18.8 Å². The number of carboxylic acids is 1. The average Bonchev–Trinajstić information content (AvgIpc) is 2.28. The minimum atomic E-state index is -0.848. The van der Waals surface area contributed by atoms with Crippen molar-refractivity contribution in [2.45, 2.75) is 33.6 Å². The van der Waals surface area contributed by atoms with Crippen LogP contribution in [-0.2, 0) is 0 Å². The van der Waals surface area contributed by atoms with Crippen molar-refractivity contribution in [2.75, 3.05) is 18.0 Å². The SMILES string of the molecule is Cc1cc(N2CCC(C)(C)CC2)ccc1C(=O)O. The molecule has 1 aliphatic heterocycles. The molecule has 18 heavy (non-hydrogen) atoms. The molecule has 0 spiro atoms. The number of rotatable bonds is 2. The topological polar surface area (TPSA) is 40.5 Å². The van der Waals surface area contributed by atoms with Crippen LogP contribution in [0.2, 0.25) is 0 Å². The molecule has 0 unspecified atom stereocenters.